The van der Waals surface area contributed by atoms with Gasteiger partial charge in [-0.25, -0.2) is 4.98 Å². The van der Waals surface area contributed by atoms with Gasteiger partial charge >= 0.3 is 0 Å². The molecule has 1 aliphatic rings. The molecule has 1 saturated heterocycles. The zero-order valence-electron chi connectivity index (χ0n) is 9.92. The Morgan fingerprint density at radius 3 is 2.88 bits per heavy atom. The van der Waals surface area contributed by atoms with Gasteiger partial charge in [-0.15, -0.1) is 0 Å². The van der Waals surface area contributed by atoms with Gasteiger partial charge in [0, 0.05) is 19.1 Å². The van der Waals surface area contributed by atoms with Gasteiger partial charge in [0.25, 0.3) is 5.56 Å². The molecule has 90 valence electrons. The fourth-order valence-electron chi connectivity index (χ4n) is 2.13. The van der Waals surface area contributed by atoms with Crippen molar-refractivity contribution < 1.29 is 0 Å². The van der Waals surface area contributed by atoms with Gasteiger partial charge in [0.2, 0.25) is 0 Å². The molecule has 1 fully saturated rings. The molecule has 0 saturated carbocycles. The quantitative estimate of drug-likeness (QED) is 0.814. The van der Waals surface area contributed by atoms with E-state index in [4.69, 9.17) is 0 Å². The highest BCUT2D eigenvalue weighted by Gasteiger charge is 2.30. The minimum Gasteiger partial charge on any atom is -0.311 e. The molecule has 0 aromatic carbocycles. The lowest BCUT2D eigenvalue weighted by Gasteiger charge is -2.41. The molecule has 17 heavy (non-hydrogen) atoms. The predicted octanol–water partition coefficient (Wildman–Crippen LogP) is 0.385. The van der Waals surface area contributed by atoms with Crippen LogP contribution < -0.4 is 5.56 Å². The van der Waals surface area contributed by atoms with Crippen LogP contribution >= 0.6 is 0 Å². The van der Waals surface area contributed by atoms with Gasteiger partial charge in [-0.3, -0.25) is 14.4 Å². The summed E-state index contributed by atoms with van der Waals surface area (Å²) >= 11 is 0. The maximum atomic E-state index is 11.5. The molecule has 0 radical (unpaired) electrons. The number of rotatable bonds is 2. The number of hydrogen-bond donors (Lipinski definition) is 1. The molecule has 6 heteroatoms. The van der Waals surface area contributed by atoms with E-state index < -0.39 is 0 Å². The zero-order valence-corrected chi connectivity index (χ0v) is 9.92. The number of aromatic amines is 1. The third kappa shape index (κ3) is 1.64. The average molecular weight is 233 g/mol. The molecule has 1 N–H and O–H groups in total. The summed E-state index contributed by atoms with van der Waals surface area (Å²) in [5, 5.41) is 4.31. The van der Waals surface area contributed by atoms with Crippen molar-refractivity contribution in [2.75, 3.05) is 13.1 Å². The summed E-state index contributed by atoms with van der Waals surface area (Å²) < 4.78 is 1.87. The van der Waals surface area contributed by atoms with E-state index >= 15 is 0 Å². The second-order valence-electron chi connectivity index (χ2n) is 4.78. The van der Waals surface area contributed by atoms with Crippen molar-refractivity contribution in [3.63, 3.8) is 0 Å². The summed E-state index contributed by atoms with van der Waals surface area (Å²) in [6.45, 7) is 6.34. The molecule has 6 nitrogen and oxygen atoms in total. The van der Waals surface area contributed by atoms with Gasteiger partial charge in [-0.1, -0.05) is 0 Å². The normalized spacial score (nSPS) is 17.8. The van der Waals surface area contributed by atoms with Crippen LogP contribution in [0.1, 0.15) is 19.9 Å². The minimum atomic E-state index is -0.172. The first-order chi connectivity index (χ1) is 8.15. The van der Waals surface area contributed by atoms with E-state index in [0.29, 0.717) is 23.1 Å². The van der Waals surface area contributed by atoms with Crippen LogP contribution in [0.5, 0.6) is 0 Å². The Hall–Kier alpha value is -1.69. The molecule has 0 amide bonds. The summed E-state index contributed by atoms with van der Waals surface area (Å²) in [4.78, 5) is 20.5. The molecular weight excluding hydrogens is 218 g/mol. The molecule has 1 aliphatic heterocycles. The van der Waals surface area contributed by atoms with Crippen molar-refractivity contribution in [1.29, 1.82) is 0 Å². The average Bonchev–Trinajstić information content (AvgIpc) is 2.59. The van der Waals surface area contributed by atoms with Crippen molar-refractivity contribution in [3.8, 4) is 0 Å². The van der Waals surface area contributed by atoms with Crippen LogP contribution in [0.15, 0.2) is 17.3 Å². The lowest BCUT2D eigenvalue weighted by Crippen LogP contribution is -2.51. The molecule has 0 aliphatic carbocycles. The van der Waals surface area contributed by atoms with E-state index in [0.717, 1.165) is 13.1 Å². The van der Waals surface area contributed by atoms with Crippen LogP contribution in [0, 0.1) is 0 Å². The lowest BCUT2D eigenvalue weighted by molar-refractivity contribution is 0.0679. The summed E-state index contributed by atoms with van der Waals surface area (Å²) in [5.74, 6) is 0. The number of likely N-dealkylation sites (tertiary alicyclic amines) is 1. The van der Waals surface area contributed by atoms with Crippen molar-refractivity contribution in [2.45, 2.75) is 25.9 Å². The Morgan fingerprint density at radius 2 is 2.24 bits per heavy atom. The molecule has 0 spiro atoms. The topological polar surface area (TPSA) is 66.8 Å². The van der Waals surface area contributed by atoms with Crippen molar-refractivity contribution in [2.24, 2.45) is 0 Å². The Bertz CT molecular complexity index is 593. The van der Waals surface area contributed by atoms with Crippen molar-refractivity contribution in [1.82, 2.24) is 24.6 Å². The molecule has 3 heterocycles. The summed E-state index contributed by atoms with van der Waals surface area (Å²) in [6, 6.07) is 0.934. The number of hydrogen-bond acceptors (Lipinski definition) is 4. The highest BCUT2D eigenvalue weighted by Crippen LogP contribution is 2.23. The third-order valence-corrected chi connectivity index (χ3v) is 3.32. The number of aromatic nitrogens is 4. The summed E-state index contributed by atoms with van der Waals surface area (Å²) in [7, 11) is 0. The third-order valence-electron chi connectivity index (χ3n) is 3.32. The summed E-state index contributed by atoms with van der Waals surface area (Å²) in [5.41, 5.74) is 0.918. The summed E-state index contributed by atoms with van der Waals surface area (Å²) in [6.07, 6.45) is 3.27. The maximum Gasteiger partial charge on any atom is 0.279 e. The van der Waals surface area contributed by atoms with Crippen LogP contribution in [0.3, 0.4) is 0 Å². The largest absolute Gasteiger partial charge is 0.311 e. The molecular formula is C11H15N5O. The van der Waals surface area contributed by atoms with Crippen molar-refractivity contribution >= 4 is 11.0 Å². The number of nitrogens with one attached hydrogen (secondary N) is 1. The van der Waals surface area contributed by atoms with Gasteiger partial charge in [-0.2, -0.15) is 5.10 Å². The van der Waals surface area contributed by atoms with Gasteiger partial charge in [-0.05, 0) is 13.8 Å². The molecule has 2 aromatic heterocycles. The van der Waals surface area contributed by atoms with Crippen molar-refractivity contribution in [3.05, 3.63) is 22.9 Å². The van der Waals surface area contributed by atoms with Gasteiger partial charge < -0.3 is 4.98 Å². The molecule has 0 atom stereocenters. The highest BCUT2D eigenvalue weighted by atomic mass is 16.1. The Kier molecular flexibility index (Phi) is 2.25. The highest BCUT2D eigenvalue weighted by molar-refractivity contribution is 5.71. The van der Waals surface area contributed by atoms with E-state index in [1.807, 2.05) is 10.9 Å². The van der Waals surface area contributed by atoms with Crippen LogP contribution in [0.4, 0.5) is 0 Å². The molecule has 0 bridgehead atoms. The number of nitrogens with zero attached hydrogens (tertiary/aromatic N) is 4. The Labute approximate surface area is 98.3 Å². The van der Waals surface area contributed by atoms with Crippen LogP contribution in [0.25, 0.3) is 11.0 Å². The SMILES string of the molecule is CC(C)N1CC(n2cc3nc[nH]c(=O)c3n2)C1. The first-order valence-electron chi connectivity index (χ1n) is 5.82. The Balaban J connectivity index is 1.88. The van der Waals surface area contributed by atoms with Crippen LogP contribution in [-0.2, 0) is 0 Å². The Morgan fingerprint density at radius 1 is 1.47 bits per heavy atom. The van der Waals surface area contributed by atoms with E-state index in [-0.39, 0.29) is 5.56 Å². The monoisotopic (exact) mass is 233 g/mol. The fraction of sp³-hybridized carbons (Fsp3) is 0.545. The molecule has 3 rings (SSSR count). The first-order valence-corrected chi connectivity index (χ1v) is 5.82. The van der Waals surface area contributed by atoms with E-state index in [9.17, 15) is 4.79 Å². The van der Waals surface area contributed by atoms with Gasteiger partial charge in [0.05, 0.1) is 18.6 Å². The van der Waals surface area contributed by atoms with E-state index in [2.05, 4.69) is 33.8 Å². The smallest absolute Gasteiger partial charge is 0.279 e. The lowest BCUT2D eigenvalue weighted by atomic mass is 10.1. The fourth-order valence-corrected chi connectivity index (χ4v) is 2.13. The zero-order chi connectivity index (χ0) is 12.0. The maximum absolute atomic E-state index is 11.5. The second kappa shape index (κ2) is 3.66. The minimum absolute atomic E-state index is 0.172. The number of fused-ring (bicyclic) bond motifs is 1. The van der Waals surface area contributed by atoms with Gasteiger partial charge in [0.1, 0.15) is 5.52 Å². The van der Waals surface area contributed by atoms with Crippen LogP contribution in [0.2, 0.25) is 0 Å². The standard InChI is InChI=1S/C11H15N5O/c1-7(2)15-3-8(4-15)16-5-9-10(14-16)11(17)13-6-12-9/h5-8H,3-4H2,1-2H3,(H,12,13,17). The second-order valence-corrected chi connectivity index (χ2v) is 4.78. The number of H-pyrrole nitrogens is 1. The first kappa shape index (κ1) is 10.5. The van der Waals surface area contributed by atoms with E-state index in [1.165, 1.54) is 6.33 Å². The van der Waals surface area contributed by atoms with Crippen LogP contribution in [-0.4, -0.2) is 43.8 Å². The predicted molar refractivity (Wildman–Crippen MR) is 63.9 cm³/mol. The molecule has 2 aromatic rings. The van der Waals surface area contributed by atoms with E-state index in [1.54, 1.807) is 0 Å². The van der Waals surface area contributed by atoms with Gasteiger partial charge in [0.15, 0.2) is 5.52 Å². The molecule has 0 unspecified atom stereocenters.